The van der Waals surface area contributed by atoms with Crippen LogP contribution in [0.2, 0.25) is 0 Å². The topological polar surface area (TPSA) is 57.8 Å². The summed E-state index contributed by atoms with van der Waals surface area (Å²) in [5.74, 6) is 0.917. The van der Waals surface area contributed by atoms with Crippen LogP contribution in [0.3, 0.4) is 0 Å². The summed E-state index contributed by atoms with van der Waals surface area (Å²) in [4.78, 5) is 18.9. The molecule has 0 bridgehead atoms. The molecule has 100 valence electrons. The van der Waals surface area contributed by atoms with Crippen LogP contribution >= 0.6 is 0 Å². The van der Waals surface area contributed by atoms with Crippen molar-refractivity contribution in [2.24, 2.45) is 0 Å². The molecule has 0 saturated heterocycles. The highest BCUT2D eigenvalue weighted by Crippen LogP contribution is 2.20. The number of aromatic nitrogens is 2. The van der Waals surface area contributed by atoms with Crippen LogP contribution in [-0.4, -0.2) is 16.0 Å². The number of H-pyrrole nitrogens is 1. The molecule has 0 spiro atoms. The summed E-state index contributed by atoms with van der Waals surface area (Å²) in [6.45, 7) is 4.11. The summed E-state index contributed by atoms with van der Waals surface area (Å²) in [7, 11) is 0. The summed E-state index contributed by atoms with van der Waals surface area (Å²) in [5.41, 5.74) is 0.791. The molecule has 2 rings (SSSR count). The Morgan fingerprint density at radius 2 is 1.94 bits per heavy atom. The lowest BCUT2D eigenvalue weighted by Crippen LogP contribution is -2.23. The van der Waals surface area contributed by atoms with Gasteiger partial charge in [-0.15, -0.1) is 0 Å². The highest BCUT2D eigenvalue weighted by molar-refractivity contribution is 5.27. The van der Waals surface area contributed by atoms with Crippen LogP contribution in [0.25, 0.3) is 0 Å². The van der Waals surface area contributed by atoms with Gasteiger partial charge in [0.2, 0.25) is 5.95 Å². The van der Waals surface area contributed by atoms with Crippen LogP contribution < -0.4 is 10.9 Å². The lowest BCUT2D eigenvalue weighted by atomic mass is 10.1. The Hall–Kier alpha value is -1.32. The number of rotatable bonds is 3. The molecule has 0 aliphatic heterocycles. The Bertz CT molecular complexity index is 431. The van der Waals surface area contributed by atoms with Crippen molar-refractivity contribution in [1.82, 2.24) is 9.97 Å². The van der Waals surface area contributed by atoms with Crippen LogP contribution in [0.4, 0.5) is 5.95 Å². The molecule has 0 unspecified atom stereocenters. The van der Waals surface area contributed by atoms with Gasteiger partial charge in [0, 0.05) is 12.1 Å². The number of nitrogens with zero attached hydrogens (tertiary/aromatic N) is 1. The molecular weight excluding hydrogens is 226 g/mol. The first-order valence-corrected chi connectivity index (χ1v) is 7.03. The smallest absolute Gasteiger partial charge is 0.252 e. The first kappa shape index (κ1) is 13.1. The Morgan fingerprint density at radius 3 is 2.56 bits per heavy atom. The molecule has 0 atom stereocenters. The summed E-state index contributed by atoms with van der Waals surface area (Å²) in [6, 6.07) is 2.04. The van der Waals surface area contributed by atoms with Gasteiger partial charge in [-0.1, -0.05) is 39.5 Å². The fourth-order valence-corrected chi connectivity index (χ4v) is 2.46. The van der Waals surface area contributed by atoms with Crippen molar-refractivity contribution in [1.29, 1.82) is 0 Å². The van der Waals surface area contributed by atoms with Gasteiger partial charge >= 0.3 is 0 Å². The minimum absolute atomic E-state index is 0.0650. The van der Waals surface area contributed by atoms with E-state index in [0.29, 0.717) is 12.0 Å². The second kappa shape index (κ2) is 6.03. The molecule has 0 aromatic carbocycles. The standard InChI is InChI=1S/C14H23N3O/c1-10(2)12-9-13(18)17-14(16-12)15-11-7-5-3-4-6-8-11/h9-11H,3-8H2,1-2H3,(H2,15,16,17,18). The summed E-state index contributed by atoms with van der Waals surface area (Å²) >= 11 is 0. The van der Waals surface area contributed by atoms with Crippen molar-refractivity contribution in [3.8, 4) is 0 Å². The molecule has 2 N–H and O–H groups in total. The van der Waals surface area contributed by atoms with Gasteiger partial charge < -0.3 is 5.32 Å². The molecule has 18 heavy (non-hydrogen) atoms. The summed E-state index contributed by atoms with van der Waals surface area (Å²) in [6.07, 6.45) is 7.55. The lowest BCUT2D eigenvalue weighted by molar-refractivity contribution is 0.613. The molecule has 1 aliphatic rings. The van der Waals surface area contributed by atoms with Gasteiger partial charge in [0.1, 0.15) is 0 Å². The van der Waals surface area contributed by atoms with Crippen LogP contribution in [-0.2, 0) is 0 Å². The number of aromatic amines is 1. The zero-order valence-electron chi connectivity index (χ0n) is 11.3. The molecule has 0 radical (unpaired) electrons. The van der Waals surface area contributed by atoms with Gasteiger partial charge in [0.05, 0.1) is 5.69 Å². The van der Waals surface area contributed by atoms with E-state index < -0.39 is 0 Å². The first-order valence-electron chi connectivity index (χ1n) is 7.03. The van der Waals surface area contributed by atoms with Crippen LogP contribution in [0.15, 0.2) is 10.9 Å². The molecule has 1 heterocycles. The SMILES string of the molecule is CC(C)c1cc(=O)[nH]c(NC2CCCCCC2)n1. The van der Waals surface area contributed by atoms with Crippen molar-refractivity contribution in [2.45, 2.75) is 64.3 Å². The quantitative estimate of drug-likeness (QED) is 0.809. The number of hydrogen-bond donors (Lipinski definition) is 2. The largest absolute Gasteiger partial charge is 0.353 e. The predicted molar refractivity (Wildman–Crippen MR) is 74.1 cm³/mol. The van der Waals surface area contributed by atoms with E-state index in [1.54, 1.807) is 6.07 Å². The van der Waals surface area contributed by atoms with Gasteiger partial charge in [-0.2, -0.15) is 0 Å². The Balaban J connectivity index is 2.10. The van der Waals surface area contributed by atoms with E-state index in [1.807, 2.05) is 0 Å². The van der Waals surface area contributed by atoms with Gasteiger partial charge in [0.25, 0.3) is 5.56 Å². The monoisotopic (exact) mass is 249 g/mol. The molecule has 0 amide bonds. The Kier molecular flexibility index (Phi) is 4.39. The van der Waals surface area contributed by atoms with Gasteiger partial charge in [-0.25, -0.2) is 4.98 Å². The normalized spacial score (nSPS) is 17.7. The zero-order valence-corrected chi connectivity index (χ0v) is 11.3. The Labute approximate surface area is 108 Å². The third-order valence-electron chi connectivity index (χ3n) is 3.55. The van der Waals surface area contributed by atoms with Crippen molar-refractivity contribution < 1.29 is 0 Å². The van der Waals surface area contributed by atoms with E-state index in [4.69, 9.17) is 0 Å². The third kappa shape index (κ3) is 3.59. The van der Waals surface area contributed by atoms with E-state index in [1.165, 1.54) is 38.5 Å². The summed E-state index contributed by atoms with van der Waals surface area (Å²) in [5, 5.41) is 3.39. The number of hydrogen-bond acceptors (Lipinski definition) is 3. The molecule has 1 aromatic rings. The molecule has 4 nitrogen and oxygen atoms in total. The molecule has 1 saturated carbocycles. The van der Waals surface area contributed by atoms with Crippen molar-refractivity contribution >= 4 is 5.95 Å². The highest BCUT2D eigenvalue weighted by atomic mass is 16.1. The van der Waals surface area contributed by atoms with E-state index in [0.717, 1.165) is 5.69 Å². The number of anilines is 1. The van der Waals surface area contributed by atoms with Gasteiger partial charge in [-0.3, -0.25) is 9.78 Å². The van der Waals surface area contributed by atoms with Gasteiger partial charge in [-0.05, 0) is 18.8 Å². The average molecular weight is 249 g/mol. The zero-order chi connectivity index (χ0) is 13.0. The highest BCUT2D eigenvalue weighted by Gasteiger charge is 2.13. The molecule has 4 heteroatoms. The fourth-order valence-electron chi connectivity index (χ4n) is 2.46. The molecule has 1 fully saturated rings. The van der Waals surface area contributed by atoms with Crippen LogP contribution in [0.5, 0.6) is 0 Å². The van der Waals surface area contributed by atoms with Gasteiger partial charge in [0.15, 0.2) is 0 Å². The van der Waals surface area contributed by atoms with E-state index in [9.17, 15) is 4.79 Å². The predicted octanol–water partition coefficient (Wildman–Crippen LogP) is 3.03. The van der Waals surface area contributed by atoms with Crippen molar-refractivity contribution in [3.05, 3.63) is 22.1 Å². The van der Waals surface area contributed by atoms with Crippen LogP contribution in [0.1, 0.15) is 64.0 Å². The minimum Gasteiger partial charge on any atom is -0.353 e. The third-order valence-corrected chi connectivity index (χ3v) is 3.55. The molecule has 1 aliphatic carbocycles. The Morgan fingerprint density at radius 1 is 1.28 bits per heavy atom. The fraction of sp³-hybridized carbons (Fsp3) is 0.714. The summed E-state index contributed by atoms with van der Waals surface area (Å²) < 4.78 is 0. The average Bonchev–Trinajstić information content (AvgIpc) is 2.57. The first-order chi connectivity index (χ1) is 8.65. The minimum atomic E-state index is -0.0650. The maximum atomic E-state index is 11.6. The molecule has 1 aromatic heterocycles. The maximum absolute atomic E-state index is 11.6. The second-order valence-electron chi connectivity index (χ2n) is 5.51. The molecular formula is C14H23N3O. The van der Waals surface area contributed by atoms with Crippen molar-refractivity contribution in [2.75, 3.05) is 5.32 Å². The van der Waals surface area contributed by atoms with Crippen LogP contribution in [0, 0.1) is 0 Å². The second-order valence-corrected chi connectivity index (χ2v) is 5.51. The van der Waals surface area contributed by atoms with E-state index in [-0.39, 0.29) is 11.5 Å². The van der Waals surface area contributed by atoms with Crippen molar-refractivity contribution in [3.63, 3.8) is 0 Å². The lowest BCUT2D eigenvalue weighted by Gasteiger charge is -2.17. The number of nitrogens with one attached hydrogen (secondary N) is 2. The van der Waals surface area contributed by atoms with E-state index in [2.05, 4.69) is 29.1 Å². The van der Waals surface area contributed by atoms with E-state index >= 15 is 0 Å². The maximum Gasteiger partial charge on any atom is 0.252 e.